The van der Waals surface area contributed by atoms with E-state index >= 15 is 0 Å². The zero-order valence-corrected chi connectivity index (χ0v) is 88.7. The summed E-state index contributed by atoms with van der Waals surface area (Å²) in [4.78, 5) is 65.2. The number of sulfonamides is 3. The number of rotatable bonds is 32. The quantitative estimate of drug-likeness (QED) is 0.0174. The van der Waals surface area contributed by atoms with Crippen LogP contribution in [-0.2, 0) is 47.8 Å². The predicted molar refractivity (Wildman–Crippen MR) is 595 cm³/mol. The van der Waals surface area contributed by atoms with Crippen LogP contribution in [0.5, 0.6) is 0 Å². The van der Waals surface area contributed by atoms with E-state index in [1.165, 1.54) is 20.8 Å². The third kappa shape index (κ3) is 31.7. The number of pyridine rings is 3. The number of aliphatic hydroxyl groups is 2. The van der Waals surface area contributed by atoms with Gasteiger partial charge in [-0.15, -0.1) is 26.3 Å². The first-order valence-corrected chi connectivity index (χ1v) is 57.1. The summed E-state index contributed by atoms with van der Waals surface area (Å²) in [5, 5.41) is 34.7. The standard InChI is InChI=1S/C22H34N4O.C20H28N4O.C18H24N4O.C18H25N3O4S.C18H23N3O2S.C17H23N3O3S/c1-2-6-21(23)19-9-15-26(16-10-19)22(27)24-20-11-13-25(14-12-20)17-18-7-4-3-5-8-18;1-2-5-18(21)15-9-12-24(13-10-15)20(25)22-11-8-16-14-23-19-7-4-3-6-17(16)19;1-2-3-16(19)13-7-10-22(11-8-13)18(23)21-15-4-5-17-14(12-15)6-9-20-17;19-17(10-15(23)12-22)13-5-8-21(9-6-13)26(24,25)18-3-1-2-14-11-20-7-4-16(14)18;1-2-4-17(19)14-8-11-21(12-9-14)24(22,23)18-6-3-5-15-13-20-10-7-16(15)18;1-23-12-16(18)13-6-9-20(10-7-13)24(21,22)17-4-2-3-14-11-19-8-5-15(14)17/h2-5,7-8,19-21H,1,6,9-17,23H2,(H,24,27);2-4,6-7,14-15,18,23H,1,5,8-13,21H2,(H,22,25);2,4-6,9,12-13,16,20H,1,3,7-8,10-11,19H2,(H,21,23);1-4,7,11,13,15,17,22-23H,5-6,8-10,12,19H2;2-3,5-7,10,13-14,17H,1,4,8-9,11-12,19H2;2-5,8,11,13,16H,6-7,9-10,12,18H2,1H3. The lowest BCUT2D eigenvalue weighted by Gasteiger charge is -2.37. The van der Waals surface area contributed by atoms with Crippen LogP contribution in [0.1, 0.15) is 133 Å². The van der Waals surface area contributed by atoms with Crippen LogP contribution in [0.4, 0.5) is 20.1 Å². The molecule has 0 radical (unpaired) electrons. The first-order chi connectivity index (χ1) is 72.0. The van der Waals surface area contributed by atoms with Crippen molar-refractivity contribution in [1.29, 1.82) is 0 Å². The molecule has 7 fully saturated rings. The smallest absolute Gasteiger partial charge is 0.321 e. The number of piperidine rings is 7. The molecule has 5 aromatic heterocycles. The molecule has 0 aliphatic carbocycles. The van der Waals surface area contributed by atoms with Gasteiger partial charge >= 0.3 is 18.1 Å². The van der Waals surface area contributed by atoms with Crippen LogP contribution >= 0.6 is 0 Å². The molecule has 0 saturated carbocycles. The Labute approximate surface area is 879 Å². The zero-order valence-electron chi connectivity index (χ0n) is 86.3. The van der Waals surface area contributed by atoms with E-state index in [9.17, 15) is 44.7 Å². The van der Waals surface area contributed by atoms with Gasteiger partial charge in [0.15, 0.2) is 0 Å². The largest absolute Gasteiger partial charge is 0.394 e. The fourth-order valence-corrected chi connectivity index (χ4v) is 26.5. The molecule has 11 aromatic rings. The minimum absolute atomic E-state index is 0.0318. The zero-order chi connectivity index (χ0) is 106. The number of urea groups is 3. The van der Waals surface area contributed by atoms with Gasteiger partial charge in [-0.05, 0) is 242 Å². The van der Waals surface area contributed by atoms with Crippen LogP contribution in [0.2, 0.25) is 0 Å². The average molecular weight is 2100 g/mol. The molecule has 7 aliphatic rings. The van der Waals surface area contributed by atoms with Crippen LogP contribution in [0.15, 0.2) is 267 Å². The average Bonchev–Trinajstić information content (AvgIpc) is 0.959. The second-order valence-electron chi connectivity index (χ2n) is 40.4. The van der Waals surface area contributed by atoms with Gasteiger partial charge in [0.25, 0.3) is 0 Å². The number of amides is 6. The number of hydrogen-bond donors (Lipinski definition) is 13. The second kappa shape index (κ2) is 56.7. The first kappa shape index (κ1) is 115. The predicted octanol–water partition coefficient (Wildman–Crippen LogP) is 14.2. The number of aromatic nitrogens is 5. The maximum absolute atomic E-state index is 13.1. The Kier molecular flexibility index (Phi) is 43.7. The molecule has 7 saturated heterocycles. The lowest BCUT2D eigenvalue weighted by atomic mass is 9.88. The Morgan fingerprint density at radius 3 is 1.27 bits per heavy atom. The molecule has 0 bridgehead atoms. The van der Waals surface area contributed by atoms with Crippen molar-refractivity contribution in [2.45, 2.75) is 198 Å². The van der Waals surface area contributed by atoms with Gasteiger partial charge in [0.05, 0.1) is 34.0 Å². The van der Waals surface area contributed by atoms with E-state index in [2.05, 4.69) is 115 Å². The number of likely N-dealkylation sites (tertiary alicyclic amines) is 4. The topological polar surface area (TPSA) is 488 Å². The van der Waals surface area contributed by atoms with E-state index in [4.69, 9.17) is 44.2 Å². The van der Waals surface area contributed by atoms with Gasteiger partial charge in [0, 0.05) is 264 Å². The van der Waals surface area contributed by atoms with Gasteiger partial charge in [0.1, 0.15) is 0 Å². The molecule has 36 heteroatoms. The van der Waals surface area contributed by atoms with E-state index in [1.54, 1.807) is 107 Å². The van der Waals surface area contributed by atoms with Crippen molar-refractivity contribution in [2.24, 2.45) is 69.9 Å². The van der Waals surface area contributed by atoms with Crippen molar-refractivity contribution in [3.8, 4) is 0 Å². The number of benzene rings is 6. The van der Waals surface area contributed by atoms with Gasteiger partial charge in [-0.2, -0.15) is 12.9 Å². The number of para-hydroxylation sites is 1. The van der Waals surface area contributed by atoms with E-state index in [0.29, 0.717) is 133 Å². The summed E-state index contributed by atoms with van der Waals surface area (Å²) >= 11 is 0. The highest BCUT2D eigenvalue weighted by Gasteiger charge is 2.39. The fraction of sp³-hybridized carbons (Fsp3) is 0.469. The molecule has 804 valence electrons. The number of ether oxygens (including phenoxy) is 1. The number of nitrogens with two attached hydrogens (primary N) is 6. The van der Waals surface area contributed by atoms with Gasteiger partial charge in [0.2, 0.25) is 30.1 Å². The minimum atomic E-state index is -3.59. The number of anilines is 1. The van der Waals surface area contributed by atoms with Gasteiger partial charge in [-0.25, -0.2) is 39.6 Å². The number of fused-ring (bicyclic) bond motifs is 5. The van der Waals surface area contributed by atoms with Crippen LogP contribution in [0, 0.1) is 35.5 Å². The highest BCUT2D eigenvalue weighted by atomic mass is 32.2. The molecule has 7 unspecified atom stereocenters. The van der Waals surface area contributed by atoms with Crippen molar-refractivity contribution in [1.82, 2.24) is 68.1 Å². The highest BCUT2D eigenvalue weighted by Crippen LogP contribution is 2.36. The third-order valence-corrected chi connectivity index (χ3v) is 36.4. The van der Waals surface area contributed by atoms with Gasteiger partial charge in [-0.1, -0.05) is 109 Å². The molecular weight excluding hydrogens is 1940 g/mol. The van der Waals surface area contributed by atoms with Crippen LogP contribution in [0.25, 0.3) is 54.1 Å². The van der Waals surface area contributed by atoms with Crippen LogP contribution in [-0.4, -0.2) is 278 Å². The molecule has 33 nitrogen and oxygen atoms in total. The van der Waals surface area contributed by atoms with Crippen LogP contribution < -0.4 is 50.4 Å². The van der Waals surface area contributed by atoms with E-state index < -0.39 is 36.2 Å². The molecule has 18 rings (SSSR count). The SMILES string of the molecule is C=CCC(N)C1CCN(C(=O)NC2CCN(Cc3ccccc3)CC2)CC1.C=CCC(N)C1CCN(C(=O)NCCc2c[nH]c3ccccc23)CC1.C=CCC(N)C1CCN(C(=O)Nc2ccc3[nH]ccc3c2)CC1.C=CCC(N)C1CCN(S(=O)(=O)c2cccc3cnccc23)CC1.COCC(N)C1CCN(S(=O)(=O)c2cccc3cnccc23)CC1.NC(CC(O)CO)C1CCN(S(=O)(=O)c2cccc3cnccc23)CC1. The summed E-state index contributed by atoms with van der Waals surface area (Å²) in [6.45, 7) is 26.5. The molecule has 19 N–H and O–H groups in total. The Balaban J connectivity index is 0.000000149. The van der Waals surface area contributed by atoms with E-state index in [0.717, 1.165) is 212 Å². The third-order valence-electron chi connectivity index (χ3n) is 30.6. The Morgan fingerprint density at radius 2 is 0.839 bits per heavy atom. The fourth-order valence-electron chi connectivity index (χ4n) is 21.5. The molecule has 6 aromatic carbocycles. The Morgan fingerprint density at radius 1 is 0.436 bits per heavy atom. The molecule has 7 aliphatic heterocycles. The number of hydrogen-bond acceptors (Lipinski definition) is 22. The second-order valence-corrected chi connectivity index (χ2v) is 46.1. The number of carbonyl (C=O) groups excluding carboxylic acids is 3. The maximum atomic E-state index is 13.1. The molecular formula is C113H157N21O12S3. The Hall–Kier alpha value is -11.3. The molecule has 7 atom stereocenters. The van der Waals surface area contributed by atoms with E-state index in [1.807, 2.05) is 106 Å². The molecule has 6 amide bonds. The monoisotopic (exact) mass is 2100 g/mol. The number of nitrogens with zero attached hydrogens (tertiary/aromatic N) is 10. The lowest BCUT2D eigenvalue weighted by molar-refractivity contribution is 0.0728. The summed E-state index contributed by atoms with van der Waals surface area (Å²) in [6, 6.07) is 48.5. The first-order valence-electron chi connectivity index (χ1n) is 52.8. The van der Waals surface area contributed by atoms with Crippen molar-refractivity contribution in [3.05, 3.63) is 263 Å². The number of methoxy groups -OCH3 is 1. The molecule has 0 spiro atoms. The van der Waals surface area contributed by atoms with Crippen molar-refractivity contribution in [2.75, 3.05) is 124 Å². The van der Waals surface area contributed by atoms with Crippen LogP contribution in [0.3, 0.4) is 0 Å². The minimum Gasteiger partial charge on any atom is -0.394 e. The number of carbonyl (C=O) groups is 3. The number of aliphatic hydroxyl groups excluding tert-OH is 2. The highest BCUT2D eigenvalue weighted by molar-refractivity contribution is 7.90. The van der Waals surface area contributed by atoms with Gasteiger partial charge < -0.3 is 90.0 Å². The molecule has 149 heavy (non-hydrogen) atoms. The van der Waals surface area contributed by atoms with Crippen molar-refractivity contribution in [3.63, 3.8) is 0 Å². The Bertz CT molecular complexity index is 6450. The van der Waals surface area contributed by atoms with E-state index in [-0.39, 0.29) is 66.9 Å². The van der Waals surface area contributed by atoms with Crippen molar-refractivity contribution >= 4 is 108 Å². The number of H-pyrrole nitrogens is 2. The normalized spacial score (nSPS) is 18.7. The maximum Gasteiger partial charge on any atom is 0.321 e. The summed E-state index contributed by atoms with van der Waals surface area (Å²) in [5.74, 6) is 2.27. The number of aromatic amines is 2. The van der Waals surface area contributed by atoms with Crippen molar-refractivity contribution < 1.29 is 54.6 Å². The number of nitrogens with one attached hydrogen (secondary N) is 5. The summed E-state index contributed by atoms with van der Waals surface area (Å²) < 4.78 is 88.2. The summed E-state index contributed by atoms with van der Waals surface area (Å²) in [5.41, 5.74) is 42.5. The molecule has 12 heterocycles. The lowest BCUT2D eigenvalue weighted by Crippen LogP contribution is -2.51. The van der Waals surface area contributed by atoms with Gasteiger partial charge in [-0.3, -0.25) is 19.9 Å². The summed E-state index contributed by atoms with van der Waals surface area (Å²) in [7, 11) is -8.98. The summed E-state index contributed by atoms with van der Waals surface area (Å²) in [6.07, 6.45) is 37.3.